The Morgan fingerprint density at radius 3 is 2.53 bits per heavy atom. The van der Waals surface area contributed by atoms with Gasteiger partial charge < -0.3 is 10.4 Å². The maximum atomic E-state index is 11.3. The number of rotatable bonds is 7. The average Bonchev–Trinajstić information content (AvgIpc) is 2.09. The van der Waals surface area contributed by atoms with E-state index in [2.05, 4.69) is 26.1 Å². The van der Waals surface area contributed by atoms with Crippen molar-refractivity contribution in [1.29, 1.82) is 0 Å². The van der Waals surface area contributed by atoms with Crippen molar-refractivity contribution in [2.24, 2.45) is 5.92 Å². The van der Waals surface area contributed by atoms with E-state index in [1.807, 2.05) is 0 Å². The smallest absolute Gasteiger partial charge is 0.220 e. The van der Waals surface area contributed by atoms with Gasteiger partial charge in [0.25, 0.3) is 0 Å². The van der Waals surface area contributed by atoms with Crippen molar-refractivity contribution in [2.45, 2.75) is 59.0 Å². The van der Waals surface area contributed by atoms with Gasteiger partial charge in [-0.3, -0.25) is 4.79 Å². The van der Waals surface area contributed by atoms with Gasteiger partial charge in [-0.05, 0) is 25.7 Å². The Bertz CT molecular complexity index is 188. The average molecular weight is 215 g/mol. The van der Waals surface area contributed by atoms with E-state index in [1.165, 1.54) is 0 Å². The molecule has 15 heavy (non-hydrogen) atoms. The van der Waals surface area contributed by atoms with Crippen LogP contribution in [0, 0.1) is 5.92 Å². The second-order valence-electron chi connectivity index (χ2n) is 4.98. The molecular weight excluding hydrogens is 190 g/mol. The second kappa shape index (κ2) is 6.83. The molecule has 0 radical (unpaired) electrons. The fraction of sp³-hybridized carbons (Fsp3) is 0.917. The van der Waals surface area contributed by atoms with Gasteiger partial charge in [0.2, 0.25) is 5.91 Å². The SMILES string of the molecule is CCCCC(=O)NCC(C)(O)CC(C)C. The Hall–Kier alpha value is -0.570. The molecule has 0 saturated carbocycles. The van der Waals surface area contributed by atoms with Crippen molar-refractivity contribution in [2.75, 3.05) is 6.54 Å². The lowest BCUT2D eigenvalue weighted by Gasteiger charge is -2.25. The van der Waals surface area contributed by atoms with Crippen molar-refractivity contribution in [1.82, 2.24) is 5.32 Å². The number of hydrogen-bond donors (Lipinski definition) is 2. The normalized spacial score (nSPS) is 15.1. The predicted molar refractivity (Wildman–Crippen MR) is 62.6 cm³/mol. The van der Waals surface area contributed by atoms with Gasteiger partial charge in [-0.1, -0.05) is 27.2 Å². The highest BCUT2D eigenvalue weighted by molar-refractivity contribution is 5.75. The maximum absolute atomic E-state index is 11.3. The Labute approximate surface area is 93.3 Å². The summed E-state index contributed by atoms with van der Waals surface area (Å²) in [5, 5.41) is 12.7. The monoisotopic (exact) mass is 215 g/mol. The van der Waals surface area contributed by atoms with E-state index < -0.39 is 5.60 Å². The van der Waals surface area contributed by atoms with E-state index in [1.54, 1.807) is 6.92 Å². The number of nitrogens with one attached hydrogen (secondary N) is 1. The fourth-order valence-corrected chi connectivity index (χ4v) is 1.67. The number of unbranched alkanes of at least 4 members (excludes halogenated alkanes) is 1. The highest BCUT2D eigenvalue weighted by Gasteiger charge is 2.22. The molecular formula is C12H25NO2. The van der Waals surface area contributed by atoms with Crippen LogP contribution in [0.25, 0.3) is 0 Å². The highest BCUT2D eigenvalue weighted by atomic mass is 16.3. The van der Waals surface area contributed by atoms with E-state index in [0.29, 0.717) is 25.3 Å². The molecule has 0 aromatic rings. The molecule has 1 unspecified atom stereocenters. The zero-order chi connectivity index (χ0) is 11.9. The van der Waals surface area contributed by atoms with E-state index in [9.17, 15) is 9.90 Å². The van der Waals surface area contributed by atoms with Crippen LogP contribution in [-0.2, 0) is 4.79 Å². The topological polar surface area (TPSA) is 49.3 Å². The van der Waals surface area contributed by atoms with Crippen LogP contribution in [0.5, 0.6) is 0 Å². The summed E-state index contributed by atoms with van der Waals surface area (Å²) < 4.78 is 0. The number of carbonyl (C=O) groups is 1. The Balaban J connectivity index is 3.77. The number of carbonyl (C=O) groups excluding carboxylic acids is 1. The van der Waals surface area contributed by atoms with Crippen LogP contribution in [0.2, 0.25) is 0 Å². The molecule has 3 nitrogen and oxygen atoms in total. The lowest BCUT2D eigenvalue weighted by Crippen LogP contribution is -2.41. The first-order valence-electron chi connectivity index (χ1n) is 5.86. The zero-order valence-corrected chi connectivity index (χ0v) is 10.5. The van der Waals surface area contributed by atoms with Gasteiger partial charge in [-0.15, -0.1) is 0 Å². The van der Waals surface area contributed by atoms with Gasteiger partial charge in [0.1, 0.15) is 0 Å². The van der Waals surface area contributed by atoms with Gasteiger partial charge >= 0.3 is 0 Å². The third-order valence-corrected chi connectivity index (χ3v) is 2.27. The van der Waals surface area contributed by atoms with Crippen LogP contribution in [-0.4, -0.2) is 23.2 Å². The molecule has 0 spiro atoms. The van der Waals surface area contributed by atoms with Crippen molar-refractivity contribution in [3.05, 3.63) is 0 Å². The van der Waals surface area contributed by atoms with Crippen molar-refractivity contribution in [3.63, 3.8) is 0 Å². The van der Waals surface area contributed by atoms with Gasteiger partial charge in [0.05, 0.1) is 5.60 Å². The molecule has 0 fully saturated rings. The fourth-order valence-electron chi connectivity index (χ4n) is 1.67. The van der Waals surface area contributed by atoms with E-state index in [4.69, 9.17) is 0 Å². The highest BCUT2D eigenvalue weighted by Crippen LogP contribution is 2.15. The minimum absolute atomic E-state index is 0.0425. The lowest BCUT2D eigenvalue weighted by atomic mass is 9.94. The summed E-state index contributed by atoms with van der Waals surface area (Å²) in [6.07, 6.45) is 3.21. The Kier molecular flexibility index (Phi) is 6.57. The van der Waals surface area contributed by atoms with Crippen molar-refractivity contribution < 1.29 is 9.90 Å². The minimum Gasteiger partial charge on any atom is -0.388 e. The molecule has 0 aliphatic rings. The predicted octanol–water partition coefficient (Wildman–Crippen LogP) is 2.09. The van der Waals surface area contributed by atoms with Gasteiger partial charge in [-0.25, -0.2) is 0 Å². The summed E-state index contributed by atoms with van der Waals surface area (Å²) in [5.41, 5.74) is -0.782. The summed E-state index contributed by atoms with van der Waals surface area (Å²) >= 11 is 0. The molecule has 0 saturated heterocycles. The summed E-state index contributed by atoms with van der Waals surface area (Å²) in [6, 6.07) is 0. The van der Waals surface area contributed by atoms with Crippen LogP contribution < -0.4 is 5.32 Å². The van der Waals surface area contributed by atoms with Crippen LogP contribution in [0.3, 0.4) is 0 Å². The molecule has 90 valence electrons. The molecule has 0 aliphatic heterocycles. The maximum Gasteiger partial charge on any atom is 0.220 e. The lowest BCUT2D eigenvalue weighted by molar-refractivity contribution is -0.122. The third kappa shape index (κ3) is 8.43. The van der Waals surface area contributed by atoms with E-state index in [-0.39, 0.29) is 5.91 Å². The largest absolute Gasteiger partial charge is 0.388 e. The third-order valence-electron chi connectivity index (χ3n) is 2.27. The molecule has 0 rings (SSSR count). The quantitative estimate of drug-likeness (QED) is 0.683. The molecule has 0 heterocycles. The Morgan fingerprint density at radius 2 is 2.07 bits per heavy atom. The standard InChI is InChI=1S/C12H25NO2/c1-5-6-7-11(14)13-9-12(4,15)8-10(2)3/h10,15H,5-9H2,1-4H3,(H,13,14). The molecule has 0 aliphatic carbocycles. The summed E-state index contributed by atoms with van der Waals surface area (Å²) in [7, 11) is 0. The van der Waals surface area contributed by atoms with Gasteiger partial charge in [0, 0.05) is 13.0 Å². The molecule has 0 aromatic carbocycles. The van der Waals surface area contributed by atoms with Gasteiger partial charge in [-0.2, -0.15) is 0 Å². The van der Waals surface area contributed by atoms with Crippen LogP contribution in [0.1, 0.15) is 53.4 Å². The van der Waals surface area contributed by atoms with E-state index >= 15 is 0 Å². The first kappa shape index (κ1) is 14.4. The molecule has 3 heteroatoms. The first-order chi connectivity index (χ1) is 6.87. The van der Waals surface area contributed by atoms with Crippen molar-refractivity contribution >= 4 is 5.91 Å². The number of amides is 1. The van der Waals surface area contributed by atoms with E-state index in [0.717, 1.165) is 12.8 Å². The number of aliphatic hydroxyl groups is 1. The first-order valence-corrected chi connectivity index (χ1v) is 5.86. The van der Waals surface area contributed by atoms with Crippen molar-refractivity contribution in [3.8, 4) is 0 Å². The minimum atomic E-state index is -0.782. The second-order valence-corrected chi connectivity index (χ2v) is 4.98. The molecule has 0 bridgehead atoms. The summed E-state index contributed by atoms with van der Waals surface area (Å²) in [5.74, 6) is 0.480. The molecule has 1 amide bonds. The van der Waals surface area contributed by atoms with Crippen LogP contribution in [0.15, 0.2) is 0 Å². The Morgan fingerprint density at radius 1 is 1.47 bits per heavy atom. The molecule has 1 atom stereocenters. The summed E-state index contributed by atoms with van der Waals surface area (Å²) in [4.78, 5) is 11.3. The summed E-state index contributed by atoms with van der Waals surface area (Å²) in [6.45, 7) is 8.31. The van der Waals surface area contributed by atoms with Gasteiger partial charge in [0.15, 0.2) is 0 Å². The molecule has 0 aromatic heterocycles. The molecule has 2 N–H and O–H groups in total. The van der Waals surface area contributed by atoms with Crippen LogP contribution in [0.4, 0.5) is 0 Å². The zero-order valence-electron chi connectivity index (χ0n) is 10.5. The number of hydrogen-bond acceptors (Lipinski definition) is 2. The van der Waals surface area contributed by atoms with Crippen LogP contribution >= 0.6 is 0 Å².